The molecule has 2 aromatic rings. The SMILES string of the molecule is CO/N=C(\C)c1ccc(S(=O)(=O)Nc2ccccc2CN[C@@H](C)CC2CCCCC2)cc1. The molecule has 2 aromatic carbocycles. The molecular weight excluding hydrogens is 422 g/mol. The molecule has 0 heterocycles. The quantitative estimate of drug-likeness (QED) is 0.374. The molecule has 0 bridgehead atoms. The molecule has 2 N–H and O–H groups in total. The van der Waals surface area contributed by atoms with Crippen molar-refractivity contribution in [2.75, 3.05) is 11.8 Å². The summed E-state index contributed by atoms with van der Waals surface area (Å²) in [7, 11) is -2.22. The van der Waals surface area contributed by atoms with Crippen LogP contribution in [0.2, 0.25) is 0 Å². The van der Waals surface area contributed by atoms with Crippen molar-refractivity contribution in [1.82, 2.24) is 5.32 Å². The number of sulfonamides is 1. The van der Waals surface area contributed by atoms with Gasteiger partial charge < -0.3 is 10.2 Å². The Balaban J connectivity index is 1.65. The van der Waals surface area contributed by atoms with Gasteiger partial charge in [0.1, 0.15) is 7.11 Å². The first kappa shape index (κ1) is 24.3. The van der Waals surface area contributed by atoms with Gasteiger partial charge in [-0.1, -0.05) is 67.6 Å². The van der Waals surface area contributed by atoms with Gasteiger partial charge in [-0.15, -0.1) is 0 Å². The number of para-hydroxylation sites is 1. The highest BCUT2D eigenvalue weighted by molar-refractivity contribution is 7.92. The molecule has 0 radical (unpaired) electrons. The molecule has 32 heavy (non-hydrogen) atoms. The summed E-state index contributed by atoms with van der Waals surface area (Å²) in [6.07, 6.45) is 7.90. The first-order valence-corrected chi connectivity index (χ1v) is 12.9. The molecule has 1 aliphatic rings. The van der Waals surface area contributed by atoms with E-state index in [1.165, 1.54) is 45.6 Å². The fourth-order valence-corrected chi connectivity index (χ4v) is 5.43. The fraction of sp³-hybridized carbons (Fsp3) is 0.480. The largest absolute Gasteiger partial charge is 0.399 e. The van der Waals surface area contributed by atoms with E-state index in [-0.39, 0.29) is 4.90 Å². The molecule has 0 spiro atoms. The molecule has 1 fully saturated rings. The van der Waals surface area contributed by atoms with Gasteiger partial charge in [-0.05, 0) is 55.5 Å². The van der Waals surface area contributed by atoms with E-state index in [2.05, 4.69) is 22.1 Å². The third-order valence-electron chi connectivity index (χ3n) is 6.12. The van der Waals surface area contributed by atoms with Crippen LogP contribution in [0.15, 0.2) is 58.6 Å². The minimum Gasteiger partial charge on any atom is -0.399 e. The zero-order valence-corrected chi connectivity index (χ0v) is 20.1. The van der Waals surface area contributed by atoms with Crippen molar-refractivity contribution in [2.24, 2.45) is 11.1 Å². The Morgan fingerprint density at radius 2 is 1.78 bits per heavy atom. The Morgan fingerprint density at radius 3 is 2.47 bits per heavy atom. The van der Waals surface area contributed by atoms with Crippen molar-refractivity contribution in [2.45, 2.75) is 69.9 Å². The molecule has 3 rings (SSSR count). The maximum atomic E-state index is 13.0. The predicted octanol–water partition coefficient (Wildman–Crippen LogP) is 5.31. The summed E-state index contributed by atoms with van der Waals surface area (Å²) in [6.45, 7) is 4.65. The molecule has 0 unspecified atom stereocenters. The van der Waals surface area contributed by atoms with E-state index in [0.29, 0.717) is 24.0 Å². The van der Waals surface area contributed by atoms with Gasteiger partial charge in [-0.25, -0.2) is 8.42 Å². The number of oxime groups is 1. The zero-order valence-electron chi connectivity index (χ0n) is 19.3. The van der Waals surface area contributed by atoms with Gasteiger partial charge in [0.25, 0.3) is 10.0 Å². The molecule has 0 aromatic heterocycles. The van der Waals surface area contributed by atoms with Crippen LogP contribution < -0.4 is 10.0 Å². The Kier molecular flexibility index (Phi) is 8.70. The van der Waals surface area contributed by atoms with Crippen LogP contribution in [0.5, 0.6) is 0 Å². The maximum Gasteiger partial charge on any atom is 0.261 e. The maximum absolute atomic E-state index is 13.0. The number of hydrogen-bond donors (Lipinski definition) is 2. The van der Waals surface area contributed by atoms with E-state index >= 15 is 0 Å². The van der Waals surface area contributed by atoms with Gasteiger partial charge in [-0.3, -0.25) is 4.72 Å². The number of rotatable bonds is 10. The molecule has 1 atom stereocenters. The molecule has 1 aliphatic carbocycles. The summed E-state index contributed by atoms with van der Waals surface area (Å²) in [5.41, 5.74) is 3.03. The number of benzene rings is 2. The Labute approximate surface area is 192 Å². The lowest BCUT2D eigenvalue weighted by atomic mass is 9.85. The van der Waals surface area contributed by atoms with E-state index in [0.717, 1.165) is 17.0 Å². The first-order chi connectivity index (χ1) is 15.4. The van der Waals surface area contributed by atoms with Gasteiger partial charge >= 0.3 is 0 Å². The minimum atomic E-state index is -3.70. The molecule has 0 aliphatic heterocycles. The highest BCUT2D eigenvalue weighted by Gasteiger charge is 2.18. The van der Waals surface area contributed by atoms with Crippen molar-refractivity contribution >= 4 is 21.4 Å². The molecule has 1 saturated carbocycles. The summed E-state index contributed by atoms with van der Waals surface area (Å²) >= 11 is 0. The third kappa shape index (κ3) is 6.81. The highest BCUT2D eigenvalue weighted by atomic mass is 32.2. The second-order valence-electron chi connectivity index (χ2n) is 8.67. The van der Waals surface area contributed by atoms with Gasteiger partial charge in [0.05, 0.1) is 16.3 Å². The van der Waals surface area contributed by atoms with Crippen LogP contribution in [0.4, 0.5) is 5.69 Å². The van der Waals surface area contributed by atoms with Crippen LogP contribution in [-0.2, 0) is 21.4 Å². The van der Waals surface area contributed by atoms with Crippen LogP contribution in [0.25, 0.3) is 0 Å². The van der Waals surface area contributed by atoms with Crippen LogP contribution in [0.3, 0.4) is 0 Å². The van der Waals surface area contributed by atoms with Crippen LogP contribution in [0, 0.1) is 5.92 Å². The number of nitrogens with zero attached hydrogens (tertiary/aromatic N) is 1. The average Bonchev–Trinajstić information content (AvgIpc) is 2.79. The monoisotopic (exact) mass is 457 g/mol. The van der Waals surface area contributed by atoms with Crippen molar-refractivity contribution < 1.29 is 13.3 Å². The lowest BCUT2D eigenvalue weighted by Gasteiger charge is -2.25. The lowest BCUT2D eigenvalue weighted by Crippen LogP contribution is -2.29. The molecular formula is C25H35N3O3S. The smallest absolute Gasteiger partial charge is 0.261 e. The Morgan fingerprint density at radius 1 is 1.09 bits per heavy atom. The van der Waals surface area contributed by atoms with E-state index < -0.39 is 10.0 Å². The highest BCUT2D eigenvalue weighted by Crippen LogP contribution is 2.27. The average molecular weight is 458 g/mol. The minimum absolute atomic E-state index is 0.208. The van der Waals surface area contributed by atoms with Gasteiger partial charge in [0.2, 0.25) is 0 Å². The first-order valence-electron chi connectivity index (χ1n) is 11.4. The van der Waals surface area contributed by atoms with Crippen molar-refractivity contribution in [1.29, 1.82) is 0 Å². The number of hydrogen-bond acceptors (Lipinski definition) is 5. The predicted molar refractivity (Wildman–Crippen MR) is 130 cm³/mol. The van der Waals surface area contributed by atoms with Gasteiger partial charge in [0.15, 0.2) is 0 Å². The van der Waals surface area contributed by atoms with Crippen LogP contribution in [-0.4, -0.2) is 27.3 Å². The summed E-state index contributed by atoms with van der Waals surface area (Å²) < 4.78 is 28.7. The van der Waals surface area contributed by atoms with Crippen LogP contribution in [0.1, 0.15) is 63.5 Å². The molecule has 174 valence electrons. The summed E-state index contributed by atoms with van der Waals surface area (Å²) in [6, 6.07) is 14.6. The van der Waals surface area contributed by atoms with E-state index in [1.54, 1.807) is 24.3 Å². The van der Waals surface area contributed by atoms with E-state index in [1.807, 2.05) is 31.2 Å². The summed E-state index contributed by atoms with van der Waals surface area (Å²) in [5, 5.41) is 7.47. The van der Waals surface area contributed by atoms with Crippen molar-refractivity contribution in [3.05, 3.63) is 59.7 Å². The summed E-state index contributed by atoms with van der Waals surface area (Å²) in [5.74, 6) is 0.806. The summed E-state index contributed by atoms with van der Waals surface area (Å²) in [4.78, 5) is 4.99. The third-order valence-corrected chi connectivity index (χ3v) is 7.51. The topological polar surface area (TPSA) is 79.8 Å². The molecule has 7 heteroatoms. The molecule has 0 amide bonds. The molecule has 6 nitrogen and oxygen atoms in total. The second-order valence-corrected chi connectivity index (χ2v) is 10.4. The van der Waals surface area contributed by atoms with Crippen LogP contribution >= 0.6 is 0 Å². The fourth-order valence-electron chi connectivity index (χ4n) is 4.33. The standard InChI is InChI=1S/C25H35N3O3S/c1-19(17-21-9-5-4-6-10-21)26-18-23-11-7-8-12-25(23)28-32(29,30)24-15-13-22(14-16-24)20(2)27-31-3/h7-8,11-16,19,21,26,28H,4-6,9-10,17-18H2,1-3H3/b27-20+/t19-/m0/s1. The number of anilines is 1. The second kappa shape index (κ2) is 11.5. The Hall–Kier alpha value is -2.38. The van der Waals surface area contributed by atoms with Gasteiger partial charge in [-0.2, -0.15) is 0 Å². The normalized spacial score (nSPS) is 16.5. The van der Waals surface area contributed by atoms with Crippen molar-refractivity contribution in [3.8, 4) is 0 Å². The van der Waals surface area contributed by atoms with E-state index in [4.69, 9.17) is 4.84 Å². The Bertz CT molecular complexity index is 997. The van der Waals surface area contributed by atoms with Crippen molar-refractivity contribution in [3.63, 3.8) is 0 Å². The molecule has 0 saturated heterocycles. The van der Waals surface area contributed by atoms with Gasteiger partial charge in [0, 0.05) is 12.6 Å². The van der Waals surface area contributed by atoms with E-state index in [9.17, 15) is 8.42 Å². The lowest BCUT2D eigenvalue weighted by molar-refractivity contribution is 0.213. The number of nitrogens with one attached hydrogen (secondary N) is 2. The zero-order chi connectivity index (χ0) is 23.0.